The maximum atomic E-state index is 12.1. The molecule has 0 saturated heterocycles. The monoisotopic (exact) mass is 374 g/mol. The van der Waals surface area contributed by atoms with Gasteiger partial charge in [-0.05, 0) is 43.2 Å². The molecule has 1 amide bonds. The molecule has 0 atom stereocenters. The van der Waals surface area contributed by atoms with Gasteiger partial charge in [0, 0.05) is 16.6 Å². The summed E-state index contributed by atoms with van der Waals surface area (Å²) in [5.41, 5.74) is 8.23. The third-order valence-electron chi connectivity index (χ3n) is 4.34. The van der Waals surface area contributed by atoms with Crippen LogP contribution >= 0.6 is 11.3 Å². The number of rotatable bonds is 4. The van der Waals surface area contributed by atoms with Gasteiger partial charge in [0.15, 0.2) is 0 Å². The first-order valence-electron chi connectivity index (χ1n) is 8.53. The minimum Gasteiger partial charge on any atom is -0.338 e. The third kappa shape index (κ3) is 3.66. The predicted octanol–water partition coefficient (Wildman–Crippen LogP) is 5.07. The fourth-order valence-corrected chi connectivity index (χ4v) is 3.38. The van der Waals surface area contributed by atoms with E-state index in [0.29, 0.717) is 5.69 Å². The van der Waals surface area contributed by atoms with Gasteiger partial charge >= 0.3 is 0 Å². The van der Waals surface area contributed by atoms with E-state index in [9.17, 15) is 4.79 Å². The largest absolute Gasteiger partial charge is 0.338 e. The zero-order valence-corrected chi connectivity index (χ0v) is 15.8. The second-order valence-electron chi connectivity index (χ2n) is 6.37. The number of aromatic nitrogens is 3. The smallest absolute Gasteiger partial charge is 0.275 e. The molecule has 0 spiro atoms. The molecule has 2 aromatic heterocycles. The molecule has 5 nitrogen and oxygen atoms in total. The van der Waals surface area contributed by atoms with E-state index in [1.807, 2.05) is 30.5 Å². The lowest BCUT2D eigenvalue weighted by Crippen LogP contribution is -2.11. The van der Waals surface area contributed by atoms with E-state index in [4.69, 9.17) is 0 Å². The summed E-state index contributed by atoms with van der Waals surface area (Å²) in [6, 6.07) is 14.0. The number of benzene rings is 2. The molecule has 2 heterocycles. The molecular formula is C21H18N4OS. The summed E-state index contributed by atoms with van der Waals surface area (Å²) in [7, 11) is 0. The maximum Gasteiger partial charge on any atom is 0.275 e. The molecule has 0 fully saturated rings. The molecule has 6 heteroatoms. The molecule has 27 heavy (non-hydrogen) atoms. The quantitative estimate of drug-likeness (QED) is 0.524. The number of hydrogen-bond donors (Lipinski definition) is 2. The summed E-state index contributed by atoms with van der Waals surface area (Å²) in [6.45, 7) is 4.15. The van der Waals surface area contributed by atoms with Crippen LogP contribution in [0.15, 0.2) is 59.6 Å². The summed E-state index contributed by atoms with van der Waals surface area (Å²) < 4.78 is 0. The number of H-pyrrole nitrogens is 1. The minimum absolute atomic E-state index is 0.206. The fourth-order valence-electron chi connectivity index (χ4n) is 2.85. The molecule has 0 radical (unpaired) electrons. The highest BCUT2D eigenvalue weighted by Gasteiger charge is 2.10. The first kappa shape index (κ1) is 17.2. The molecule has 2 N–H and O–H groups in total. The number of carbonyl (C=O) groups is 1. The molecule has 134 valence electrons. The van der Waals surface area contributed by atoms with Crippen molar-refractivity contribution in [2.24, 2.45) is 0 Å². The van der Waals surface area contributed by atoms with Crippen molar-refractivity contribution >= 4 is 22.9 Å². The van der Waals surface area contributed by atoms with Gasteiger partial charge in [0.25, 0.3) is 5.91 Å². The summed E-state index contributed by atoms with van der Waals surface area (Å²) in [6.07, 6.45) is 1.83. The van der Waals surface area contributed by atoms with Crippen LogP contribution in [0.3, 0.4) is 0 Å². The van der Waals surface area contributed by atoms with Crippen molar-refractivity contribution in [2.75, 3.05) is 5.32 Å². The highest BCUT2D eigenvalue weighted by atomic mass is 32.1. The molecule has 0 aliphatic rings. The van der Waals surface area contributed by atoms with Crippen LogP contribution in [0.2, 0.25) is 0 Å². The van der Waals surface area contributed by atoms with Crippen molar-refractivity contribution in [1.82, 2.24) is 15.0 Å². The molecule has 4 aromatic rings. The van der Waals surface area contributed by atoms with Gasteiger partial charge in [-0.1, -0.05) is 29.8 Å². The number of amides is 1. The Kier molecular flexibility index (Phi) is 4.56. The molecule has 0 aliphatic carbocycles. The van der Waals surface area contributed by atoms with Gasteiger partial charge in [0.2, 0.25) is 0 Å². The van der Waals surface area contributed by atoms with Crippen LogP contribution < -0.4 is 5.32 Å². The van der Waals surface area contributed by atoms with E-state index >= 15 is 0 Å². The molecular weight excluding hydrogens is 356 g/mol. The van der Waals surface area contributed by atoms with Crippen LogP contribution in [0.4, 0.5) is 5.69 Å². The predicted molar refractivity (Wildman–Crippen MR) is 109 cm³/mol. The number of anilines is 1. The average Bonchev–Trinajstić information content (AvgIpc) is 3.36. The molecule has 4 rings (SSSR count). The van der Waals surface area contributed by atoms with Crippen molar-refractivity contribution in [3.05, 3.63) is 76.4 Å². The van der Waals surface area contributed by atoms with Crippen molar-refractivity contribution in [2.45, 2.75) is 13.8 Å². The van der Waals surface area contributed by atoms with E-state index < -0.39 is 0 Å². The average molecular weight is 374 g/mol. The van der Waals surface area contributed by atoms with Gasteiger partial charge in [-0.15, -0.1) is 11.3 Å². The number of hydrogen-bond acceptors (Lipinski definition) is 4. The lowest BCUT2D eigenvalue weighted by Gasteiger charge is -2.05. The van der Waals surface area contributed by atoms with Crippen LogP contribution in [0.1, 0.15) is 21.6 Å². The van der Waals surface area contributed by atoms with Crippen LogP contribution in [-0.2, 0) is 0 Å². The normalized spacial score (nSPS) is 10.7. The molecule has 0 bridgehead atoms. The summed E-state index contributed by atoms with van der Waals surface area (Å²) in [5, 5.41) is 4.57. The maximum absolute atomic E-state index is 12.1. The Morgan fingerprint density at radius 1 is 1.07 bits per heavy atom. The van der Waals surface area contributed by atoms with Crippen molar-refractivity contribution in [1.29, 1.82) is 0 Å². The number of carbonyl (C=O) groups excluding carboxylic acids is 1. The van der Waals surface area contributed by atoms with Crippen LogP contribution in [0.5, 0.6) is 0 Å². The van der Waals surface area contributed by atoms with Crippen molar-refractivity contribution < 1.29 is 4.79 Å². The van der Waals surface area contributed by atoms with E-state index in [0.717, 1.165) is 28.3 Å². The summed E-state index contributed by atoms with van der Waals surface area (Å²) in [4.78, 5) is 24.0. The van der Waals surface area contributed by atoms with E-state index in [1.54, 1.807) is 10.9 Å². The number of nitrogens with zero attached hydrogens (tertiary/aromatic N) is 2. The zero-order valence-electron chi connectivity index (χ0n) is 15.0. The second-order valence-corrected chi connectivity index (χ2v) is 7.09. The number of nitrogens with one attached hydrogen (secondary N) is 2. The van der Waals surface area contributed by atoms with Gasteiger partial charge < -0.3 is 10.3 Å². The van der Waals surface area contributed by atoms with Gasteiger partial charge in [0.1, 0.15) is 11.5 Å². The summed E-state index contributed by atoms with van der Waals surface area (Å²) in [5.74, 6) is 0.648. The van der Waals surface area contributed by atoms with Gasteiger partial charge in [0.05, 0.1) is 17.4 Å². The van der Waals surface area contributed by atoms with E-state index in [-0.39, 0.29) is 5.91 Å². The Labute approximate surface area is 161 Å². The standard InChI is InChI=1S/C21H18N4OS/c1-13-3-4-14(2)17(9-13)20-22-10-18(25-20)15-5-7-16(8-6-15)24-21(26)19-11-27-12-23-19/h3-12H,1-2H3,(H,22,25)(H,24,26). The molecule has 2 aromatic carbocycles. The lowest BCUT2D eigenvalue weighted by atomic mass is 10.1. The topological polar surface area (TPSA) is 70.7 Å². The highest BCUT2D eigenvalue weighted by molar-refractivity contribution is 7.07. The Morgan fingerprint density at radius 3 is 2.63 bits per heavy atom. The van der Waals surface area contributed by atoms with Gasteiger partial charge in [-0.25, -0.2) is 9.97 Å². The SMILES string of the molecule is Cc1ccc(C)c(-c2ncc(-c3ccc(NC(=O)c4cscn4)cc3)[nH]2)c1. The Morgan fingerprint density at radius 2 is 1.89 bits per heavy atom. The zero-order chi connectivity index (χ0) is 18.8. The van der Waals surface area contributed by atoms with Crippen molar-refractivity contribution in [3.63, 3.8) is 0 Å². The van der Waals surface area contributed by atoms with Crippen LogP contribution in [-0.4, -0.2) is 20.9 Å². The van der Waals surface area contributed by atoms with Gasteiger partial charge in [-0.3, -0.25) is 4.79 Å². The Bertz CT molecular complexity index is 1080. The summed E-state index contributed by atoms with van der Waals surface area (Å²) >= 11 is 1.40. The van der Waals surface area contributed by atoms with Gasteiger partial charge in [-0.2, -0.15) is 0 Å². The van der Waals surface area contributed by atoms with Crippen LogP contribution in [0.25, 0.3) is 22.6 Å². The lowest BCUT2D eigenvalue weighted by molar-refractivity contribution is 0.102. The first-order chi connectivity index (χ1) is 13.1. The third-order valence-corrected chi connectivity index (χ3v) is 4.93. The second kappa shape index (κ2) is 7.17. The molecule has 0 unspecified atom stereocenters. The highest BCUT2D eigenvalue weighted by Crippen LogP contribution is 2.26. The minimum atomic E-state index is -0.206. The van der Waals surface area contributed by atoms with E-state index in [2.05, 4.69) is 52.3 Å². The number of aromatic amines is 1. The number of aryl methyl sites for hydroxylation is 2. The first-order valence-corrected chi connectivity index (χ1v) is 9.47. The Hall–Kier alpha value is -3.25. The molecule has 0 aliphatic heterocycles. The number of imidazole rings is 1. The van der Waals surface area contributed by atoms with E-state index in [1.165, 1.54) is 22.5 Å². The fraction of sp³-hybridized carbons (Fsp3) is 0.0952. The van der Waals surface area contributed by atoms with Crippen molar-refractivity contribution in [3.8, 4) is 22.6 Å². The molecule has 0 saturated carbocycles. The number of thiazole rings is 1. The Balaban J connectivity index is 1.54. The van der Waals surface area contributed by atoms with Crippen LogP contribution in [0, 0.1) is 13.8 Å².